The third-order valence-electron chi connectivity index (χ3n) is 2.49. The van der Waals surface area contributed by atoms with Crippen molar-refractivity contribution in [2.75, 3.05) is 6.54 Å². The first kappa shape index (κ1) is 10.9. The molecular formula is C11H16N4O. The van der Waals surface area contributed by atoms with E-state index in [1.807, 2.05) is 6.07 Å². The van der Waals surface area contributed by atoms with E-state index >= 15 is 0 Å². The molecule has 0 aromatic carbocycles. The summed E-state index contributed by atoms with van der Waals surface area (Å²) in [6.45, 7) is 3.78. The minimum absolute atomic E-state index is 0.787. The van der Waals surface area contributed by atoms with E-state index in [4.69, 9.17) is 4.42 Å². The molecule has 2 heterocycles. The molecule has 0 aliphatic rings. The van der Waals surface area contributed by atoms with Crippen LogP contribution in [0.15, 0.2) is 23.1 Å². The Kier molecular flexibility index (Phi) is 3.71. The number of hydrogen-bond acceptors (Lipinski definition) is 4. The van der Waals surface area contributed by atoms with Crippen molar-refractivity contribution < 1.29 is 4.42 Å². The molecule has 0 saturated carbocycles. The molecule has 0 atom stereocenters. The Balaban J connectivity index is 1.61. The van der Waals surface area contributed by atoms with Gasteiger partial charge in [0.2, 0.25) is 0 Å². The second-order valence-corrected chi connectivity index (χ2v) is 3.74. The molecule has 86 valence electrons. The van der Waals surface area contributed by atoms with Crippen LogP contribution in [0, 0.1) is 6.92 Å². The Morgan fingerprint density at radius 2 is 2.44 bits per heavy atom. The average molecular weight is 220 g/mol. The fourth-order valence-electron chi connectivity index (χ4n) is 1.52. The van der Waals surface area contributed by atoms with E-state index in [1.54, 1.807) is 6.26 Å². The van der Waals surface area contributed by atoms with Gasteiger partial charge < -0.3 is 9.73 Å². The van der Waals surface area contributed by atoms with Gasteiger partial charge in [-0.1, -0.05) is 0 Å². The zero-order valence-corrected chi connectivity index (χ0v) is 9.36. The lowest BCUT2D eigenvalue weighted by Gasteiger charge is -2.02. The Bertz CT molecular complexity index is 407. The predicted molar refractivity (Wildman–Crippen MR) is 59.9 cm³/mol. The van der Waals surface area contributed by atoms with E-state index in [0.29, 0.717) is 0 Å². The minimum Gasteiger partial charge on any atom is -0.468 e. The molecule has 0 aliphatic heterocycles. The van der Waals surface area contributed by atoms with Crippen molar-refractivity contribution in [1.82, 2.24) is 20.5 Å². The zero-order valence-electron chi connectivity index (χ0n) is 9.36. The molecular weight excluding hydrogens is 204 g/mol. The van der Waals surface area contributed by atoms with E-state index in [9.17, 15) is 0 Å². The molecule has 2 aromatic rings. The first-order valence-electron chi connectivity index (χ1n) is 5.44. The second kappa shape index (κ2) is 5.46. The van der Waals surface area contributed by atoms with Gasteiger partial charge in [0.05, 0.1) is 12.8 Å². The van der Waals surface area contributed by atoms with Gasteiger partial charge >= 0.3 is 0 Å². The van der Waals surface area contributed by atoms with Gasteiger partial charge in [0, 0.05) is 6.42 Å². The topological polar surface area (TPSA) is 66.7 Å². The molecule has 0 spiro atoms. The van der Waals surface area contributed by atoms with Gasteiger partial charge in [-0.25, -0.2) is 4.98 Å². The summed E-state index contributed by atoms with van der Waals surface area (Å²) in [7, 11) is 0. The van der Waals surface area contributed by atoms with Crippen LogP contribution in [0.2, 0.25) is 0 Å². The Labute approximate surface area is 94.3 Å². The highest BCUT2D eigenvalue weighted by molar-refractivity contribution is 5.13. The van der Waals surface area contributed by atoms with Crippen LogP contribution < -0.4 is 5.32 Å². The van der Waals surface area contributed by atoms with E-state index < -0.39 is 0 Å². The third-order valence-corrected chi connectivity index (χ3v) is 2.49. The van der Waals surface area contributed by atoms with Crippen LogP contribution in [-0.2, 0) is 13.0 Å². The largest absolute Gasteiger partial charge is 0.468 e. The number of aromatic nitrogens is 3. The number of nitrogens with one attached hydrogen (secondary N) is 2. The number of aromatic amines is 1. The molecule has 0 bridgehead atoms. The molecule has 0 fully saturated rings. The normalized spacial score (nSPS) is 10.8. The van der Waals surface area contributed by atoms with E-state index in [0.717, 1.165) is 37.5 Å². The van der Waals surface area contributed by atoms with Crippen molar-refractivity contribution in [3.8, 4) is 0 Å². The fraction of sp³-hybridized carbons (Fsp3) is 0.455. The number of aryl methyl sites for hydroxylation is 2. The van der Waals surface area contributed by atoms with Crippen molar-refractivity contribution in [2.45, 2.75) is 26.3 Å². The lowest BCUT2D eigenvalue weighted by atomic mass is 10.2. The highest BCUT2D eigenvalue weighted by atomic mass is 16.3. The summed E-state index contributed by atoms with van der Waals surface area (Å²) in [5.74, 6) is 1.95. The molecule has 5 nitrogen and oxygen atoms in total. The molecule has 2 rings (SSSR count). The van der Waals surface area contributed by atoms with E-state index in [2.05, 4.69) is 27.4 Å². The predicted octanol–water partition coefficient (Wildman–Crippen LogP) is 1.43. The summed E-state index contributed by atoms with van der Waals surface area (Å²) in [6.07, 6.45) is 5.22. The van der Waals surface area contributed by atoms with Crippen molar-refractivity contribution in [1.29, 1.82) is 0 Å². The average Bonchev–Trinajstić information content (AvgIpc) is 2.90. The van der Waals surface area contributed by atoms with Crippen LogP contribution in [0.3, 0.4) is 0 Å². The van der Waals surface area contributed by atoms with Gasteiger partial charge in [0.1, 0.15) is 17.9 Å². The summed E-state index contributed by atoms with van der Waals surface area (Å²) < 4.78 is 5.33. The highest BCUT2D eigenvalue weighted by Gasteiger charge is 2.00. The molecule has 0 amide bonds. The lowest BCUT2D eigenvalue weighted by molar-refractivity contribution is 0.478. The summed E-state index contributed by atoms with van der Waals surface area (Å²) in [6, 6.07) is 1.98. The molecule has 0 saturated heterocycles. The quantitative estimate of drug-likeness (QED) is 0.723. The standard InChI is InChI=1S/C11H16N4O/c1-9-4-6-16-10(9)7-12-5-2-3-11-13-8-14-15-11/h4,6,8,12H,2-3,5,7H2,1H3,(H,13,14,15). The van der Waals surface area contributed by atoms with Crippen LogP contribution >= 0.6 is 0 Å². The Morgan fingerprint density at radius 1 is 1.50 bits per heavy atom. The molecule has 0 radical (unpaired) electrons. The number of rotatable bonds is 6. The van der Waals surface area contributed by atoms with Crippen molar-refractivity contribution in [3.05, 3.63) is 35.8 Å². The second-order valence-electron chi connectivity index (χ2n) is 3.74. The van der Waals surface area contributed by atoms with Crippen LogP contribution in [-0.4, -0.2) is 21.7 Å². The molecule has 0 aliphatic carbocycles. The van der Waals surface area contributed by atoms with Crippen molar-refractivity contribution >= 4 is 0 Å². The molecule has 5 heteroatoms. The van der Waals surface area contributed by atoms with Gasteiger partial charge in [-0.3, -0.25) is 5.10 Å². The number of hydrogen-bond donors (Lipinski definition) is 2. The van der Waals surface area contributed by atoms with Crippen LogP contribution in [0.25, 0.3) is 0 Å². The summed E-state index contributed by atoms with van der Waals surface area (Å²) in [5, 5.41) is 9.98. The fourth-order valence-corrected chi connectivity index (χ4v) is 1.52. The smallest absolute Gasteiger partial charge is 0.137 e. The maximum atomic E-state index is 5.33. The van der Waals surface area contributed by atoms with Gasteiger partial charge in [0.15, 0.2) is 0 Å². The van der Waals surface area contributed by atoms with Gasteiger partial charge in [-0.15, -0.1) is 0 Å². The van der Waals surface area contributed by atoms with E-state index in [-0.39, 0.29) is 0 Å². The minimum atomic E-state index is 0.787. The monoisotopic (exact) mass is 220 g/mol. The van der Waals surface area contributed by atoms with Crippen molar-refractivity contribution in [2.24, 2.45) is 0 Å². The summed E-state index contributed by atoms with van der Waals surface area (Å²) >= 11 is 0. The maximum Gasteiger partial charge on any atom is 0.137 e. The lowest BCUT2D eigenvalue weighted by Crippen LogP contribution is -2.15. The van der Waals surface area contributed by atoms with Crippen LogP contribution in [0.5, 0.6) is 0 Å². The summed E-state index contributed by atoms with van der Waals surface area (Å²) in [4.78, 5) is 4.06. The van der Waals surface area contributed by atoms with Crippen LogP contribution in [0.1, 0.15) is 23.6 Å². The summed E-state index contributed by atoms with van der Waals surface area (Å²) in [5.41, 5.74) is 1.20. The number of nitrogens with zero attached hydrogens (tertiary/aromatic N) is 2. The van der Waals surface area contributed by atoms with Gasteiger partial charge in [-0.2, -0.15) is 5.10 Å². The number of furan rings is 1. The van der Waals surface area contributed by atoms with Crippen LogP contribution in [0.4, 0.5) is 0 Å². The Morgan fingerprint density at radius 3 is 3.12 bits per heavy atom. The van der Waals surface area contributed by atoms with Gasteiger partial charge in [-0.05, 0) is 31.5 Å². The maximum absolute atomic E-state index is 5.33. The third kappa shape index (κ3) is 2.93. The SMILES string of the molecule is Cc1ccoc1CNCCCc1ncn[nH]1. The first-order valence-corrected chi connectivity index (χ1v) is 5.44. The highest BCUT2D eigenvalue weighted by Crippen LogP contribution is 2.07. The molecule has 0 unspecified atom stereocenters. The van der Waals surface area contributed by atoms with Gasteiger partial charge in [0.25, 0.3) is 0 Å². The number of H-pyrrole nitrogens is 1. The zero-order chi connectivity index (χ0) is 11.2. The first-order chi connectivity index (χ1) is 7.86. The molecule has 2 N–H and O–H groups in total. The van der Waals surface area contributed by atoms with Crippen molar-refractivity contribution in [3.63, 3.8) is 0 Å². The van der Waals surface area contributed by atoms with E-state index in [1.165, 1.54) is 11.9 Å². The Hall–Kier alpha value is -1.62. The molecule has 2 aromatic heterocycles. The molecule has 16 heavy (non-hydrogen) atoms.